The molecule has 0 spiro atoms. The molecule has 0 aliphatic heterocycles. The lowest BCUT2D eigenvalue weighted by Crippen LogP contribution is -2.25. The van der Waals surface area contributed by atoms with Crippen LogP contribution in [-0.4, -0.2) is 19.4 Å². The number of para-hydroxylation sites is 3. The first-order valence-electron chi connectivity index (χ1n) is 12.8. The zero-order chi connectivity index (χ0) is 26.0. The molecule has 8 rings (SSSR count). The van der Waals surface area contributed by atoms with Crippen LogP contribution in [0.15, 0.2) is 128 Å². The van der Waals surface area contributed by atoms with Gasteiger partial charge in [0, 0.05) is 50.7 Å². The highest BCUT2D eigenvalue weighted by Crippen LogP contribution is 2.44. The van der Waals surface area contributed by atoms with Crippen LogP contribution >= 0.6 is 7.14 Å². The molecule has 0 radical (unpaired) electrons. The Morgan fingerprint density at radius 3 is 2.23 bits per heavy atom. The number of imidazole rings is 1. The van der Waals surface area contributed by atoms with Gasteiger partial charge in [0.15, 0.2) is 7.14 Å². The lowest BCUT2D eigenvalue weighted by Gasteiger charge is -2.21. The molecule has 8 aromatic rings. The van der Waals surface area contributed by atoms with Gasteiger partial charge in [0.05, 0.1) is 22.1 Å². The first-order chi connectivity index (χ1) is 19.2. The maximum absolute atomic E-state index is 15.4. The molecule has 0 aliphatic carbocycles. The molecule has 6 heteroatoms. The molecule has 4 aromatic heterocycles. The molecule has 4 aromatic carbocycles. The minimum absolute atomic E-state index is 0.734. The van der Waals surface area contributed by atoms with Gasteiger partial charge in [-0.05, 0) is 53.9 Å². The molecule has 1 unspecified atom stereocenters. The third-order valence-electron chi connectivity index (χ3n) is 7.58. The average molecular weight is 521 g/mol. The van der Waals surface area contributed by atoms with Crippen LogP contribution in [0.5, 0.6) is 0 Å². The smallest absolute Gasteiger partial charge is 0.171 e. The molecule has 1 atom stereocenters. The van der Waals surface area contributed by atoms with Crippen LogP contribution in [0.3, 0.4) is 0 Å². The van der Waals surface area contributed by atoms with Crippen molar-refractivity contribution in [2.75, 3.05) is 0 Å². The van der Waals surface area contributed by atoms with E-state index in [2.05, 4.69) is 56.8 Å². The zero-order valence-corrected chi connectivity index (χ0v) is 21.7. The number of fused-ring (bicyclic) bond motifs is 9. The van der Waals surface area contributed by atoms with Crippen LogP contribution < -0.4 is 15.9 Å². The van der Waals surface area contributed by atoms with Crippen LogP contribution in [0.25, 0.3) is 49.3 Å². The molecular formula is C33H21N4OP. The summed E-state index contributed by atoms with van der Waals surface area (Å²) in [7, 11) is -3.28. The predicted molar refractivity (Wildman–Crippen MR) is 160 cm³/mol. The van der Waals surface area contributed by atoms with Crippen molar-refractivity contribution in [3.05, 3.63) is 128 Å². The molecule has 0 aliphatic rings. The molecule has 0 N–H and O–H groups in total. The molecule has 0 saturated carbocycles. The van der Waals surface area contributed by atoms with E-state index >= 15 is 4.57 Å². The van der Waals surface area contributed by atoms with E-state index in [0.717, 1.165) is 65.2 Å². The number of nitrogens with zero attached hydrogens (tertiary/aromatic N) is 4. The Hall–Kier alpha value is -4.86. The fourth-order valence-corrected chi connectivity index (χ4v) is 8.38. The minimum Gasteiger partial charge on any atom is -0.309 e. The SMILES string of the molecule is O=P(c1ccncc1)(c1ccc2cccnc2c1)c1ccc2c3ccccc3n3c4ccccc4nc3c2c1. The summed E-state index contributed by atoms with van der Waals surface area (Å²) >= 11 is 0. The van der Waals surface area contributed by atoms with E-state index in [-0.39, 0.29) is 0 Å². The van der Waals surface area contributed by atoms with E-state index in [0.29, 0.717) is 0 Å². The number of hydrogen-bond donors (Lipinski definition) is 0. The highest BCUT2D eigenvalue weighted by Gasteiger charge is 2.31. The number of aromatic nitrogens is 4. The quantitative estimate of drug-likeness (QED) is 0.201. The number of hydrogen-bond acceptors (Lipinski definition) is 4. The third kappa shape index (κ3) is 3.20. The van der Waals surface area contributed by atoms with Crippen LogP contribution in [0.4, 0.5) is 0 Å². The molecule has 0 amide bonds. The highest BCUT2D eigenvalue weighted by atomic mass is 31.2. The number of rotatable bonds is 3. The average Bonchev–Trinajstić information content (AvgIpc) is 3.41. The van der Waals surface area contributed by atoms with Crippen molar-refractivity contribution in [3.63, 3.8) is 0 Å². The van der Waals surface area contributed by atoms with Gasteiger partial charge in [0.2, 0.25) is 0 Å². The Balaban J connectivity index is 1.49. The minimum atomic E-state index is -3.28. The number of pyridine rings is 3. The van der Waals surface area contributed by atoms with E-state index in [9.17, 15) is 0 Å². The summed E-state index contributed by atoms with van der Waals surface area (Å²) in [5, 5.41) is 6.42. The maximum Gasteiger partial charge on any atom is 0.171 e. The van der Waals surface area contributed by atoms with Gasteiger partial charge in [-0.1, -0.05) is 60.7 Å². The first-order valence-corrected chi connectivity index (χ1v) is 14.5. The molecule has 0 saturated heterocycles. The summed E-state index contributed by atoms with van der Waals surface area (Å²) < 4.78 is 17.6. The fourth-order valence-electron chi connectivity index (χ4n) is 5.75. The fraction of sp³-hybridized carbons (Fsp3) is 0. The summed E-state index contributed by atoms with van der Waals surface area (Å²) in [6, 6.07) is 36.3. The van der Waals surface area contributed by atoms with E-state index in [1.807, 2.05) is 66.7 Å². The van der Waals surface area contributed by atoms with Crippen molar-refractivity contribution in [1.82, 2.24) is 19.4 Å². The summed E-state index contributed by atoms with van der Waals surface area (Å²) in [6.45, 7) is 0. The number of benzene rings is 4. The standard InChI is InChI=1S/C33H21N4OP/c38-39(23-15-18-34-19-16-23,25-12-11-22-6-5-17-35-30(22)21-25)24-13-14-26-27-7-1-3-9-31(27)37-32-10-4-2-8-29(32)36-33(37)28(26)20-24/h1-21H. The maximum atomic E-state index is 15.4. The van der Waals surface area contributed by atoms with Gasteiger partial charge in [-0.25, -0.2) is 4.98 Å². The Kier molecular flexibility index (Phi) is 4.73. The monoisotopic (exact) mass is 520 g/mol. The van der Waals surface area contributed by atoms with E-state index < -0.39 is 7.14 Å². The lowest BCUT2D eigenvalue weighted by atomic mass is 10.1. The van der Waals surface area contributed by atoms with Gasteiger partial charge in [0.25, 0.3) is 0 Å². The van der Waals surface area contributed by atoms with Crippen molar-refractivity contribution in [2.45, 2.75) is 0 Å². The van der Waals surface area contributed by atoms with Gasteiger partial charge < -0.3 is 4.57 Å². The molecule has 0 bridgehead atoms. The Bertz CT molecular complexity index is 2270. The van der Waals surface area contributed by atoms with Crippen molar-refractivity contribution in [1.29, 1.82) is 0 Å². The van der Waals surface area contributed by atoms with Crippen molar-refractivity contribution in [3.8, 4) is 0 Å². The second kappa shape index (κ2) is 8.32. The van der Waals surface area contributed by atoms with Gasteiger partial charge in [-0.3, -0.25) is 14.4 Å². The summed E-state index contributed by atoms with van der Waals surface area (Å²) in [5.41, 5.74) is 4.75. The zero-order valence-electron chi connectivity index (χ0n) is 20.8. The largest absolute Gasteiger partial charge is 0.309 e. The molecule has 5 nitrogen and oxygen atoms in total. The normalized spacial score (nSPS) is 13.4. The van der Waals surface area contributed by atoms with E-state index in [1.54, 1.807) is 18.6 Å². The molecule has 4 heterocycles. The topological polar surface area (TPSA) is 60.2 Å². The molecule has 184 valence electrons. The van der Waals surface area contributed by atoms with Gasteiger partial charge >= 0.3 is 0 Å². The highest BCUT2D eigenvalue weighted by molar-refractivity contribution is 7.85. The van der Waals surface area contributed by atoms with E-state index in [1.165, 1.54) is 0 Å². The van der Waals surface area contributed by atoms with Crippen molar-refractivity contribution in [2.24, 2.45) is 0 Å². The van der Waals surface area contributed by atoms with Crippen LogP contribution in [0, 0.1) is 0 Å². The Morgan fingerprint density at radius 1 is 0.564 bits per heavy atom. The Labute approximate surface area is 223 Å². The Morgan fingerprint density at radius 2 is 1.33 bits per heavy atom. The second-order valence-electron chi connectivity index (χ2n) is 9.70. The predicted octanol–water partition coefficient (Wildman–Crippen LogP) is 6.38. The molecular weight excluding hydrogens is 499 g/mol. The van der Waals surface area contributed by atoms with Crippen LogP contribution in [0.1, 0.15) is 0 Å². The summed E-state index contributed by atoms with van der Waals surface area (Å²) in [6.07, 6.45) is 5.18. The molecule has 0 fully saturated rings. The van der Waals surface area contributed by atoms with Crippen molar-refractivity contribution >= 4 is 72.3 Å². The van der Waals surface area contributed by atoms with Crippen LogP contribution in [-0.2, 0) is 4.57 Å². The van der Waals surface area contributed by atoms with Crippen molar-refractivity contribution < 1.29 is 4.57 Å². The molecule has 39 heavy (non-hydrogen) atoms. The third-order valence-corrected chi connectivity index (χ3v) is 10.6. The summed E-state index contributed by atoms with van der Waals surface area (Å²) in [5.74, 6) is 0. The lowest BCUT2D eigenvalue weighted by molar-refractivity contribution is 0.592. The van der Waals surface area contributed by atoms with Crippen LogP contribution in [0.2, 0.25) is 0 Å². The summed E-state index contributed by atoms with van der Waals surface area (Å²) in [4.78, 5) is 13.8. The van der Waals surface area contributed by atoms with E-state index in [4.69, 9.17) is 4.98 Å². The van der Waals surface area contributed by atoms with Gasteiger partial charge in [-0.15, -0.1) is 0 Å². The second-order valence-corrected chi connectivity index (χ2v) is 12.5. The van der Waals surface area contributed by atoms with Gasteiger partial charge in [-0.2, -0.15) is 0 Å². The first kappa shape index (κ1) is 22.2. The van der Waals surface area contributed by atoms with Gasteiger partial charge in [0.1, 0.15) is 5.65 Å².